The molecule has 0 unspecified atom stereocenters. The number of nitrogens with one attached hydrogen (secondary N) is 2. The molecule has 0 aromatic carbocycles. The van der Waals surface area contributed by atoms with Gasteiger partial charge in [0, 0.05) is 31.4 Å². The molecule has 2 N–H and O–H groups in total. The van der Waals surface area contributed by atoms with Crippen LogP contribution in [0.5, 0.6) is 0 Å². The lowest BCUT2D eigenvalue weighted by Crippen LogP contribution is -2.54. The second-order valence-electron chi connectivity index (χ2n) is 8.35. The molecule has 1 aliphatic heterocycles. The van der Waals surface area contributed by atoms with Gasteiger partial charge in [-0.15, -0.1) is 0 Å². The van der Waals surface area contributed by atoms with E-state index in [1.54, 1.807) is 16.9 Å². The summed E-state index contributed by atoms with van der Waals surface area (Å²) in [6.45, 7) is 6.32. The number of piperazine rings is 1. The second-order valence-corrected chi connectivity index (χ2v) is 8.35. The normalized spacial score (nSPS) is 19.1. The van der Waals surface area contributed by atoms with Crippen LogP contribution in [0.2, 0.25) is 0 Å². The second kappa shape index (κ2) is 10.1. The van der Waals surface area contributed by atoms with Crippen molar-refractivity contribution in [1.82, 2.24) is 35.0 Å². The lowest BCUT2D eigenvalue weighted by Gasteiger charge is -2.36. The Morgan fingerprint density at radius 2 is 1.97 bits per heavy atom. The van der Waals surface area contributed by atoms with Gasteiger partial charge in [-0.1, -0.05) is 6.92 Å². The molecule has 10 nitrogen and oxygen atoms in total. The van der Waals surface area contributed by atoms with Crippen LogP contribution >= 0.6 is 0 Å². The third-order valence-corrected chi connectivity index (χ3v) is 5.36. The topological polar surface area (TPSA) is 106 Å². The number of alkyl halides is 3. The average Bonchev–Trinajstić information content (AvgIpc) is 3.14. The maximum atomic E-state index is 12.5. The number of hydrogen-bond donors (Lipinski definition) is 2. The number of rotatable bonds is 8. The molecule has 3 aromatic heterocycles. The van der Waals surface area contributed by atoms with Crippen LogP contribution < -0.4 is 15.5 Å². The van der Waals surface area contributed by atoms with Gasteiger partial charge < -0.3 is 20.3 Å². The first-order valence-electron chi connectivity index (χ1n) is 11.2. The van der Waals surface area contributed by atoms with Crippen LogP contribution in [0, 0.1) is 0 Å². The van der Waals surface area contributed by atoms with Crippen molar-refractivity contribution in [3.63, 3.8) is 0 Å². The molecule has 0 aliphatic carbocycles. The number of nitrogens with zero attached hydrogens (tertiary/aromatic N) is 7. The first-order chi connectivity index (χ1) is 16.2. The molecule has 184 valence electrons. The van der Waals surface area contributed by atoms with E-state index in [2.05, 4.69) is 44.4 Å². The summed E-state index contributed by atoms with van der Waals surface area (Å²) in [7, 11) is 0. The van der Waals surface area contributed by atoms with Gasteiger partial charge in [0.25, 0.3) is 0 Å². The Labute approximate surface area is 194 Å². The monoisotopic (exact) mass is 479 g/mol. The zero-order chi connectivity index (χ0) is 24.3. The molecule has 0 spiro atoms. The van der Waals surface area contributed by atoms with Crippen molar-refractivity contribution in [2.75, 3.05) is 36.5 Å². The highest BCUT2D eigenvalue weighted by Gasteiger charge is 2.28. The van der Waals surface area contributed by atoms with Gasteiger partial charge in [0.15, 0.2) is 5.82 Å². The van der Waals surface area contributed by atoms with Gasteiger partial charge in [0.2, 0.25) is 5.95 Å². The number of hydrogen-bond acceptors (Lipinski definition) is 9. The lowest BCUT2D eigenvalue weighted by molar-refractivity contribution is -0.174. The largest absolute Gasteiger partial charge is 0.411 e. The number of aromatic nitrogens is 6. The Bertz CT molecular complexity index is 1100. The molecule has 4 rings (SSSR count). The Balaban J connectivity index is 1.73. The molecule has 4 heterocycles. The summed E-state index contributed by atoms with van der Waals surface area (Å²) < 4.78 is 43.8. The minimum Gasteiger partial charge on any atom is -0.370 e. The van der Waals surface area contributed by atoms with Crippen LogP contribution in [0.3, 0.4) is 0 Å². The predicted octanol–water partition coefficient (Wildman–Crippen LogP) is 2.69. The number of fused-ring (bicyclic) bond motifs is 1. The smallest absolute Gasteiger partial charge is 0.370 e. The Hall–Kier alpha value is -3.06. The van der Waals surface area contributed by atoms with Crippen LogP contribution in [0.25, 0.3) is 11.0 Å². The van der Waals surface area contributed by atoms with Gasteiger partial charge in [-0.3, -0.25) is 4.68 Å². The molecule has 0 saturated carbocycles. The van der Waals surface area contributed by atoms with Crippen molar-refractivity contribution in [2.24, 2.45) is 0 Å². The van der Waals surface area contributed by atoms with E-state index in [4.69, 9.17) is 14.7 Å². The van der Waals surface area contributed by atoms with Crippen molar-refractivity contribution >= 4 is 28.6 Å². The molecular weight excluding hydrogens is 451 g/mol. The molecule has 0 bridgehead atoms. The number of anilines is 3. The zero-order valence-electron chi connectivity index (χ0n) is 19.3. The Morgan fingerprint density at radius 3 is 2.62 bits per heavy atom. The van der Waals surface area contributed by atoms with Crippen LogP contribution in [0.1, 0.15) is 26.5 Å². The van der Waals surface area contributed by atoms with Crippen molar-refractivity contribution < 1.29 is 17.9 Å². The first-order valence-corrected chi connectivity index (χ1v) is 11.2. The Morgan fingerprint density at radius 1 is 1.21 bits per heavy atom. The highest BCUT2D eigenvalue weighted by Crippen LogP contribution is 2.29. The zero-order valence-corrected chi connectivity index (χ0v) is 19.3. The van der Waals surface area contributed by atoms with Crippen LogP contribution in [-0.4, -0.2) is 74.3 Å². The minimum absolute atomic E-state index is 0.120. The van der Waals surface area contributed by atoms with E-state index < -0.39 is 12.8 Å². The van der Waals surface area contributed by atoms with Crippen LogP contribution in [0.15, 0.2) is 18.6 Å². The van der Waals surface area contributed by atoms with Gasteiger partial charge >= 0.3 is 6.18 Å². The summed E-state index contributed by atoms with van der Waals surface area (Å²) in [6.07, 6.45) is -0.754. The summed E-state index contributed by atoms with van der Waals surface area (Å²) in [5.74, 6) is 1.56. The molecular formula is C21H28F3N9O. The number of halogens is 3. The van der Waals surface area contributed by atoms with Crippen molar-refractivity contribution in [3.05, 3.63) is 24.3 Å². The quantitative estimate of drug-likeness (QED) is 0.472. The first kappa shape index (κ1) is 24.1. The minimum atomic E-state index is -4.38. The van der Waals surface area contributed by atoms with Crippen LogP contribution in [0.4, 0.5) is 30.8 Å². The maximum absolute atomic E-state index is 12.5. The van der Waals surface area contributed by atoms with Gasteiger partial charge in [-0.2, -0.15) is 23.3 Å². The fourth-order valence-corrected chi connectivity index (χ4v) is 4.08. The molecule has 1 saturated heterocycles. The molecule has 1 fully saturated rings. The average molecular weight is 480 g/mol. The molecule has 0 radical (unpaired) electrons. The summed E-state index contributed by atoms with van der Waals surface area (Å²) >= 11 is 0. The Kier molecular flexibility index (Phi) is 7.12. The summed E-state index contributed by atoms with van der Waals surface area (Å²) in [6, 6.07) is 2.23. The van der Waals surface area contributed by atoms with E-state index in [9.17, 15) is 13.2 Å². The predicted molar refractivity (Wildman–Crippen MR) is 121 cm³/mol. The molecule has 3 aromatic rings. The van der Waals surface area contributed by atoms with E-state index in [-0.39, 0.29) is 25.2 Å². The molecule has 13 heteroatoms. The standard InChI is InChI=1S/C21H28F3N9O/c1-4-15-17-18(33(31-15)7-8-34-11-21(22,23)24)19(28-16-5-6-25-12-26-16)30-20(29-17)32-9-13(2)27-14(3)10-32/h5-6,12-14,27H,4,7-11H2,1-3H3,(H,25,26,28,29,30)/t13-,14+. The van der Waals surface area contributed by atoms with Crippen molar-refractivity contribution in [2.45, 2.75) is 52.0 Å². The fourth-order valence-electron chi connectivity index (χ4n) is 4.08. The van der Waals surface area contributed by atoms with E-state index in [1.165, 1.54) is 6.33 Å². The fraction of sp³-hybridized carbons (Fsp3) is 0.571. The molecule has 1 aliphatic rings. The molecule has 34 heavy (non-hydrogen) atoms. The van der Waals surface area contributed by atoms with Gasteiger partial charge in [-0.05, 0) is 26.3 Å². The van der Waals surface area contributed by atoms with Gasteiger partial charge in [0.05, 0.1) is 18.8 Å². The number of ether oxygens (including phenoxy) is 1. The van der Waals surface area contributed by atoms with E-state index in [0.29, 0.717) is 35.0 Å². The highest BCUT2D eigenvalue weighted by atomic mass is 19.4. The van der Waals surface area contributed by atoms with Gasteiger partial charge in [-0.25, -0.2) is 15.0 Å². The van der Waals surface area contributed by atoms with E-state index >= 15 is 0 Å². The van der Waals surface area contributed by atoms with Crippen molar-refractivity contribution in [3.8, 4) is 0 Å². The number of aryl methyl sites for hydroxylation is 1. The summed E-state index contributed by atoms with van der Waals surface area (Å²) in [4.78, 5) is 19.9. The third-order valence-electron chi connectivity index (χ3n) is 5.36. The van der Waals surface area contributed by atoms with Crippen molar-refractivity contribution in [1.29, 1.82) is 0 Å². The lowest BCUT2D eigenvalue weighted by atomic mass is 10.1. The van der Waals surface area contributed by atoms with E-state index in [1.807, 2.05) is 6.92 Å². The highest BCUT2D eigenvalue weighted by molar-refractivity contribution is 5.90. The third kappa shape index (κ3) is 5.70. The van der Waals surface area contributed by atoms with E-state index in [0.717, 1.165) is 18.8 Å². The molecule has 2 atom stereocenters. The van der Waals surface area contributed by atoms with Crippen LogP contribution in [-0.2, 0) is 17.7 Å². The SMILES string of the molecule is CCc1nn(CCOCC(F)(F)F)c2c(Nc3ccncn3)nc(N3C[C@@H](C)N[C@@H](C)C3)nc12. The van der Waals surface area contributed by atoms with Gasteiger partial charge in [0.1, 0.15) is 29.8 Å². The summed E-state index contributed by atoms with van der Waals surface area (Å²) in [5.41, 5.74) is 1.97. The summed E-state index contributed by atoms with van der Waals surface area (Å²) in [5, 5.41) is 11.3. The molecule has 0 amide bonds. The maximum Gasteiger partial charge on any atom is 0.411 e.